The summed E-state index contributed by atoms with van der Waals surface area (Å²) in [5, 5.41) is 24.1. The van der Waals surface area contributed by atoms with E-state index in [9.17, 15) is 4.79 Å². The third-order valence-corrected chi connectivity index (χ3v) is 8.88. The van der Waals surface area contributed by atoms with E-state index < -0.39 is 0 Å². The second-order valence-electron chi connectivity index (χ2n) is 9.89. The van der Waals surface area contributed by atoms with E-state index in [0.29, 0.717) is 28.5 Å². The van der Waals surface area contributed by atoms with Gasteiger partial charge in [-0.3, -0.25) is 10.2 Å². The van der Waals surface area contributed by atoms with Crippen molar-refractivity contribution in [2.75, 3.05) is 50.0 Å². The van der Waals surface area contributed by atoms with E-state index in [1.807, 2.05) is 24.3 Å². The zero-order valence-corrected chi connectivity index (χ0v) is 23.4. The lowest BCUT2D eigenvalue weighted by atomic mass is 9.95. The van der Waals surface area contributed by atoms with Crippen LogP contribution in [0.2, 0.25) is 0 Å². The van der Waals surface area contributed by atoms with Crippen LogP contribution in [0.1, 0.15) is 38.5 Å². The molecule has 4 aromatic rings. The number of carbonyl (C=O) groups excluding carboxylic acids is 1. The minimum absolute atomic E-state index is 0.232. The number of urea groups is 1. The van der Waals surface area contributed by atoms with Crippen LogP contribution < -0.4 is 16.0 Å². The molecule has 0 spiro atoms. The molecule has 4 heterocycles. The van der Waals surface area contributed by atoms with Crippen molar-refractivity contribution in [1.82, 2.24) is 35.0 Å². The molecule has 1 aromatic carbocycles. The number of nitrogens with one attached hydrogen (secondary N) is 3. The lowest BCUT2D eigenvalue weighted by Crippen LogP contribution is -2.38. The van der Waals surface area contributed by atoms with Gasteiger partial charge in [0.05, 0.1) is 23.4 Å². The van der Waals surface area contributed by atoms with Crippen molar-refractivity contribution < 1.29 is 9.53 Å². The molecule has 11 nitrogen and oxygen atoms in total. The minimum atomic E-state index is -0.232. The van der Waals surface area contributed by atoms with Crippen LogP contribution in [0.4, 0.5) is 15.7 Å². The molecule has 2 amide bonds. The van der Waals surface area contributed by atoms with Crippen LogP contribution in [-0.4, -0.2) is 81.2 Å². The SMILES string of the molecule is O=C(NCCCN1CCOCC1)Nc1nc2ccc(Sc3nnc4ccc(NC5CCCCC5)nn34)cc2s1. The van der Waals surface area contributed by atoms with Crippen LogP contribution in [-0.2, 0) is 4.74 Å². The maximum absolute atomic E-state index is 12.4. The topological polar surface area (TPSA) is 122 Å². The molecule has 1 saturated heterocycles. The molecule has 2 aliphatic rings. The molecule has 3 aromatic heterocycles. The summed E-state index contributed by atoms with van der Waals surface area (Å²) in [4.78, 5) is 20.3. The number of hydrogen-bond donors (Lipinski definition) is 3. The number of rotatable bonds is 9. The monoisotopic (exact) mass is 567 g/mol. The highest BCUT2D eigenvalue weighted by Crippen LogP contribution is 2.33. The normalized spacial score (nSPS) is 17.0. The summed E-state index contributed by atoms with van der Waals surface area (Å²) in [6.07, 6.45) is 7.13. The second kappa shape index (κ2) is 12.5. The van der Waals surface area contributed by atoms with Gasteiger partial charge in [0, 0.05) is 30.6 Å². The first-order chi connectivity index (χ1) is 19.2. The fraction of sp³-hybridized carbons (Fsp3) is 0.500. The van der Waals surface area contributed by atoms with Gasteiger partial charge in [-0.15, -0.1) is 15.3 Å². The Kier molecular flexibility index (Phi) is 8.38. The van der Waals surface area contributed by atoms with E-state index in [1.54, 1.807) is 4.52 Å². The molecule has 6 rings (SSSR count). The number of anilines is 2. The highest BCUT2D eigenvalue weighted by Gasteiger charge is 2.16. The summed E-state index contributed by atoms with van der Waals surface area (Å²) in [6.45, 7) is 5.07. The van der Waals surface area contributed by atoms with E-state index in [1.165, 1.54) is 55.2 Å². The third-order valence-electron chi connectivity index (χ3n) is 7.02. The van der Waals surface area contributed by atoms with Crippen LogP contribution >= 0.6 is 23.1 Å². The van der Waals surface area contributed by atoms with Gasteiger partial charge in [0.25, 0.3) is 0 Å². The molecular formula is C26H33N9O2S2. The number of morpholine rings is 1. The van der Waals surface area contributed by atoms with E-state index in [4.69, 9.17) is 9.84 Å². The molecular weight excluding hydrogens is 534 g/mol. The zero-order chi connectivity index (χ0) is 26.4. The largest absolute Gasteiger partial charge is 0.379 e. The predicted molar refractivity (Wildman–Crippen MR) is 154 cm³/mol. The zero-order valence-electron chi connectivity index (χ0n) is 21.8. The Morgan fingerprint density at radius 2 is 1.97 bits per heavy atom. The Bertz CT molecular complexity index is 1410. The smallest absolute Gasteiger partial charge is 0.321 e. The van der Waals surface area contributed by atoms with Gasteiger partial charge >= 0.3 is 6.03 Å². The van der Waals surface area contributed by atoms with Crippen LogP contribution in [0.3, 0.4) is 0 Å². The van der Waals surface area contributed by atoms with Gasteiger partial charge in [-0.05, 0) is 67.9 Å². The highest BCUT2D eigenvalue weighted by molar-refractivity contribution is 7.99. The molecule has 0 atom stereocenters. The third kappa shape index (κ3) is 6.78. The van der Waals surface area contributed by atoms with Gasteiger partial charge < -0.3 is 15.4 Å². The van der Waals surface area contributed by atoms with Crippen molar-refractivity contribution >= 4 is 55.9 Å². The quantitative estimate of drug-likeness (QED) is 0.251. The van der Waals surface area contributed by atoms with Crippen LogP contribution in [0.15, 0.2) is 40.4 Å². The molecule has 0 radical (unpaired) electrons. The van der Waals surface area contributed by atoms with E-state index in [2.05, 4.69) is 42.1 Å². The number of nitrogens with zero attached hydrogens (tertiary/aromatic N) is 6. The number of carbonyl (C=O) groups is 1. The van der Waals surface area contributed by atoms with Crippen LogP contribution in [0.25, 0.3) is 15.9 Å². The Morgan fingerprint density at radius 3 is 2.85 bits per heavy atom. The first kappa shape index (κ1) is 26.2. The van der Waals surface area contributed by atoms with Gasteiger partial charge in [0.2, 0.25) is 5.16 Å². The van der Waals surface area contributed by atoms with E-state index >= 15 is 0 Å². The summed E-state index contributed by atoms with van der Waals surface area (Å²) < 4.78 is 8.16. The molecule has 1 aliphatic heterocycles. The fourth-order valence-electron chi connectivity index (χ4n) is 4.96. The first-order valence-electron chi connectivity index (χ1n) is 13.6. The van der Waals surface area contributed by atoms with Crippen molar-refractivity contribution in [2.24, 2.45) is 0 Å². The lowest BCUT2D eigenvalue weighted by Gasteiger charge is -2.26. The summed E-state index contributed by atoms with van der Waals surface area (Å²) in [6, 6.07) is 10.2. The maximum atomic E-state index is 12.4. The number of ether oxygens (including phenoxy) is 1. The summed E-state index contributed by atoms with van der Waals surface area (Å²) in [7, 11) is 0. The molecule has 0 bridgehead atoms. The molecule has 0 unspecified atom stereocenters. The summed E-state index contributed by atoms with van der Waals surface area (Å²) >= 11 is 2.96. The Hall–Kier alpha value is -3.00. The molecule has 13 heteroatoms. The Morgan fingerprint density at radius 1 is 1.10 bits per heavy atom. The van der Waals surface area contributed by atoms with Gasteiger partial charge in [-0.1, -0.05) is 30.6 Å². The maximum Gasteiger partial charge on any atom is 0.321 e. The van der Waals surface area contributed by atoms with Crippen LogP contribution in [0.5, 0.6) is 0 Å². The number of aromatic nitrogens is 5. The van der Waals surface area contributed by atoms with Crippen LogP contribution in [0, 0.1) is 0 Å². The second-order valence-corrected chi connectivity index (χ2v) is 12.0. The Balaban J connectivity index is 1.05. The molecule has 2 fully saturated rings. The van der Waals surface area contributed by atoms with Gasteiger partial charge in [-0.25, -0.2) is 9.78 Å². The highest BCUT2D eigenvalue weighted by atomic mass is 32.2. The van der Waals surface area contributed by atoms with E-state index in [0.717, 1.165) is 60.2 Å². The van der Waals surface area contributed by atoms with Crippen molar-refractivity contribution in [2.45, 2.75) is 54.6 Å². The van der Waals surface area contributed by atoms with Gasteiger partial charge in [0.1, 0.15) is 5.82 Å². The van der Waals surface area contributed by atoms with Crippen molar-refractivity contribution in [3.05, 3.63) is 30.3 Å². The molecule has 1 saturated carbocycles. The minimum Gasteiger partial charge on any atom is -0.379 e. The molecule has 1 aliphatic carbocycles. The lowest BCUT2D eigenvalue weighted by molar-refractivity contribution is 0.0375. The molecule has 39 heavy (non-hydrogen) atoms. The van der Waals surface area contributed by atoms with Crippen molar-refractivity contribution in [3.63, 3.8) is 0 Å². The first-order valence-corrected chi connectivity index (χ1v) is 15.3. The van der Waals surface area contributed by atoms with Gasteiger partial charge in [0.15, 0.2) is 10.8 Å². The van der Waals surface area contributed by atoms with E-state index in [-0.39, 0.29) is 6.03 Å². The van der Waals surface area contributed by atoms with Crippen molar-refractivity contribution in [3.8, 4) is 0 Å². The molecule has 3 N–H and O–H groups in total. The average Bonchev–Trinajstić information content (AvgIpc) is 3.55. The predicted octanol–water partition coefficient (Wildman–Crippen LogP) is 4.47. The number of amides is 2. The van der Waals surface area contributed by atoms with Crippen molar-refractivity contribution in [1.29, 1.82) is 0 Å². The number of benzene rings is 1. The number of thiazole rings is 1. The summed E-state index contributed by atoms with van der Waals surface area (Å²) in [5.41, 5.74) is 1.56. The standard InChI is InChI=1S/C26H33N9O2S2/c36-24(27-11-4-12-34-13-15-37-16-14-34)30-25-29-20-8-7-19(17-21(20)39-25)38-26-32-31-23-10-9-22(33-35(23)26)28-18-5-2-1-3-6-18/h7-10,17-18H,1-6,11-16H2,(H,28,33)(H2,27,29,30,36). The summed E-state index contributed by atoms with van der Waals surface area (Å²) in [5.74, 6) is 0.851. The Labute approximate surface area is 235 Å². The number of fused-ring (bicyclic) bond motifs is 2. The average molecular weight is 568 g/mol. The molecule has 206 valence electrons. The van der Waals surface area contributed by atoms with Gasteiger partial charge in [-0.2, -0.15) is 4.52 Å². The number of hydrogen-bond acceptors (Lipinski definition) is 10. The fourth-order valence-corrected chi connectivity index (χ4v) is 6.76.